The van der Waals surface area contributed by atoms with Gasteiger partial charge in [-0.1, -0.05) is 38.4 Å². The van der Waals surface area contributed by atoms with Crippen molar-refractivity contribution >= 4 is 11.6 Å². The van der Waals surface area contributed by atoms with Crippen molar-refractivity contribution in [2.75, 3.05) is 0 Å². The summed E-state index contributed by atoms with van der Waals surface area (Å²) in [5, 5.41) is 3.64. The van der Waals surface area contributed by atoms with Crippen molar-refractivity contribution in [1.82, 2.24) is 5.32 Å². The summed E-state index contributed by atoms with van der Waals surface area (Å²) in [5.41, 5.74) is 1.02. The first kappa shape index (κ1) is 13.5. The van der Waals surface area contributed by atoms with Crippen molar-refractivity contribution in [2.24, 2.45) is 5.92 Å². The van der Waals surface area contributed by atoms with E-state index in [4.69, 9.17) is 11.6 Å². The highest BCUT2D eigenvalue weighted by atomic mass is 35.5. The molecule has 0 amide bonds. The topological polar surface area (TPSA) is 12.0 Å². The van der Waals surface area contributed by atoms with Crippen molar-refractivity contribution in [2.45, 2.75) is 39.8 Å². The van der Waals surface area contributed by atoms with Crippen LogP contribution in [0.2, 0.25) is 5.02 Å². The summed E-state index contributed by atoms with van der Waals surface area (Å²) in [7, 11) is 0. The maximum absolute atomic E-state index is 12.9. The van der Waals surface area contributed by atoms with Crippen LogP contribution in [0.15, 0.2) is 18.2 Å². The highest BCUT2D eigenvalue weighted by Crippen LogP contribution is 2.16. The molecule has 1 aromatic carbocycles. The van der Waals surface area contributed by atoms with Gasteiger partial charge in [-0.25, -0.2) is 4.39 Å². The molecule has 3 heteroatoms. The van der Waals surface area contributed by atoms with Gasteiger partial charge in [0.1, 0.15) is 5.82 Å². The third-order valence-corrected chi connectivity index (χ3v) is 3.09. The molecule has 90 valence electrons. The highest BCUT2D eigenvalue weighted by molar-refractivity contribution is 6.30. The highest BCUT2D eigenvalue weighted by Gasteiger charge is 2.10. The summed E-state index contributed by atoms with van der Waals surface area (Å²) >= 11 is 5.72. The monoisotopic (exact) mass is 243 g/mol. The molecular formula is C13H19ClFN. The lowest BCUT2D eigenvalue weighted by atomic mass is 10.0. The number of benzene rings is 1. The Morgan fingerprint density at radius 1 is 1.38 bits per heavy atom. The fourth-order valence-electron chi connectivity index (χ4n) is 1.75. The molecule has 1 N–H and O–H groups in total. The number of nitrogens with one attached hydrogen (secondary N) is 1. The van der Waals surface area contributed by atoms with Crippen LogP contribution in [0.5, 0.6) is 0 Å². The van der Waals surface area contributed by atoms with Gasteiger partial charge in [-0.2, -0.15) is 0 Å². The quantitative estimate of drug-likeness (QED) is 0.824. The normalized spacial score (nSPS) is 13.1. The van der Waals surface area contributed by atoms with Gasteiger partial charge in [0.25, 0.3) is 0 Å². The van der Waals surface area contributed by atoms with Gasteiger partial charge in [-0.05, 0) is 30.0 Å². The number of hydrogen-bond donors (Lipinski definition) is 1. The third-order valence-electron chi connectivity index (χ3n) is 2.80. The van der Waals surface area contributed by atoms with E-state index in [1.54, 1.807) is 12.1 Å². The molecule has 0 aliphatic heterocycles. The molecular weight excluding hydrogens is 225 g/mol. The van der Waals surface area contributed by atoms with Crippen LogP contribution in [-0.4, -0.2) is 6.04 Å². The van der Waals surface area contributed by atoms with E-state index in [1.807, 2.05) is 0 Å². The Hall–Kier alpha value is -0.600. The zero-order valence-electron chi connectivity index (χ0n) is 10.1. The second-order valence-electron chi connectivity index (χ2n) is 4.39. The molecule has 0 aromatic heterocycles. The Morgan fingerprint density at radius 3 is 2.56 bits per heavy atom. The number of hydrogen-bond acceptors (Lipinski definition) is 1. The molecule has 16 heavy (non-hydrogen) atoms. The summed E-state index contributed by atoms with van der Waals surface area (Å²) < 4.78 is 12.9. The van der Waals surface area contributed by atoms with E-state index < -0.39 is 0 Å². The van der Waals surface area contributed by atoms with E-state index in [9.17, 15) is 4.39 Å². The minimum Gasteiger partial charge on any atom is -0.310 e. The van der Waals surface area contributed by atoms with Crippen LogP contribution in [-0.2, 0) is 6.54 Å². The van der Waals surface area contributed by atoms with Crippen LogP contribution in [0.3, 0.4) is 0 Å². The molecule has 0 heterocycles. The van der Waals surface area contributed by atoms with E-state index in [-0.39, 0.29) is 10.8 Å². The predicted molar refractivity (Wildman–Crippen MR) is 67.2 cm³/mol. The number of halogens is 2. The van der Waals surface area contributed by atoms with E-state index >= 15 is 0 Å². The molecule has 0 aliphatic rings. The molecule has 0 aliphatic carbocycles. The van der Waals surface area contributed by atoms with Crippen molar-refractivity contribution in [3.63, 3.8) is 0 Å². The van der Waals surface area contributed by atoms with Crippen LogP contribution < -0.4 is 5.32 Å². The predicted octanol–water partition coefficient (Wildman–Crippen LogP) is 4.00. The van der Waals surface area contributed by atoms with Crippen LogP contribution in [0, 0.1) is 11.7 Å². The first-order chi connectivity index (χ1) is 7.54. The smallest absolute Gasteiger partial charge is 0.141 e. The van der Waals surface area contributed by atoms with Crippen molar-refractivity contribution in [1.29, 1.82) is 0 Å². The van der Waals surface area contributed by atoms with E-state index in [2.05, 4.69) is 26.1 Å². The van der Waals surface area contributed by atoms with E-state index in [1.165, 1.54) is 6.07 Å². The molecule has 0 saturated heterocycles. The molecule has 0 saturated carbocycles. The molecule has 0 radical (unpaired) electrons. The first-order valence-electron chi connectivity index (χ1n) is 5.72. The van der Waals surface area contributed by atoms with Crippen LogP contribution >= 0.6 is 11.6 Å². The van der Waals surface area contributed by atoms with Gasteiger partial charge in [0.15, 0.2) is 0 Å². The summed E-state index contributed by atoms with van der Waals surface area (Å²) in [6.07, 6.45) is 1.09. The van der Waals surface area contributed by atoms with Gasteiger partial charge in [-0.3, -0.25) is 0 Å². The maximum Gasteiger partial charge on any atom is 0.141 e. The van der Waals surface area contributed by atoms with Gasteiger partial charge in [0.05, 0.1) is 5.02 Å². The second-order valence-corrected chi connectivity index (χ2v) is 4.80. The molecule has 1 nitrogen and oxygen atoms in total. The fraction of sp³-hybridized carbons (Fsp3) is 0.538. The van der Waals surface area contributed by atoms with Gasteiger partial charge in [0.2, 0.25) is 0 Å². The minimum absolute atomic E-state index is 0.192. The summed E-state index contributed by atoms with van der Waals surface area (Å²) in [5.74, 6) is 0.238. The zero-order chi connectivity index (χ0) is 12.1. The lowest BCUT2D eigenvalue weighted by Crippen LogP contribution is -2.32. The summed E-state index contributed by atoms with van der Waals surface area (Å²) in [6.45, 7) is 7.28. The Labute approximate surface area is 102 Å². The van der Waals surface area contributed by atoms with Crippen LogP contribution in [0.1, 0.15) is 32.8 Å². The van der Waals surface area contributed by atoms with Crippen LogP contribution in [0.4, 0.5) is 4.39 Å². The Kier molecular flexibility index (Phi) is 5.23. The average molecular weight is 244 g/mol. The molecule has 1 aromatic rings. The molecule has 0 bridgehead atoms. The Balaban J connectivity index is 2.57. The minimum atomic E-state index is -0.360. The molecule has 0 spiro atoms. The van der Waals surface area contributed by atoms with E-state index in [0.29, 0.717) is 12.0 Å². The third kappa shape index (κ3) is 3.76. The standard InChI is InChI=1S/C13H19ClFN/c1-4-13(9(2)3)16-8-10-5-6-12(15)11(14)7-10/h5-7,9,13,16H,4,8H2,1-3H3. The Bertz CT molecular complexity index is 339. The van der Waals surface area contributed by atoms with Crippen LogP contribution in [0.25, 0.3) is 0 Å². The van der Waals surface area contributed by atoms with E-state index in [0.717, 1.165) is 18.5 Å². The van der Waals surface area contributed by atoms with Crippen molar-refractivity contribution in [3.05, 3.63) is 34.6 Å². The zero-order valence-corrected chi connectivity index (χ0v) is 10.8. The fourth-order valence-corrected chi connectivity index (χ4v) is 1.95. The lowest BCUT2D eigenvalue weighted by molar-refractivity contribution is 0.387. The van der Waals surface area contributed by atoms with Gasteiger partial charge >= 0.3 is 0 Å². The maximum atomic E-state index is 12.9. The molecule has 1 rings (SSSR count). The van der Waals surface area contributed by atoms with Gasteiger partial charge < -0.3 is 5.32 Å². The second kappa shape index (κ2) is 6.21. The average Bonchev–Trinajstić information content (AvgIpc) is 2.23. The lowest BCUT2D eigenvalue weighted by Gasteiger charge is -2.20. The Morgan fingerprint density at radius 2 is 2.06 bits per heavy atom. The summed E-state index contributed by atoms with van der Waals surface area (Å²) in [4.78, 5) is 0. The first-order valence-corrected chi connectivity index (χ1v) is 6.09. The number of rotatable bonds is 5. The van der Waals surface area contributed by atoms with Crippen molar-refractivity contribution < 1.29 is 4.39 Å². The van der Waals surface area contributed by atoms with Crippen molar-refractivity contribution in [3.8, 4) is 0 Å². The largest absolute Gasteiger partial charge is 0.310 e. The molecule has 0 fully saturated rings. The molecule has 1 unspecified atom stereocenters. The van der Waals surface area contributed by atoms with Gasteiger partial charge in [0, 0.05) is 12.6 Å². The van der Waals surface area contributed by atoms with Gasteiger partial charge in [-0.15, -0.1) is 0 Å². The summed E-state index contributed by atoms with van der Waals surface area (Å²) in [6, 6.07) is 5.34. The molecule has 1 atom stereocenters. The SMILES string of the molecule is CCC(NCc1ccc(F)c(Cl)c1)C(C)C.